The zero-order valence-electron chi connectivity index (χ0n) is 13.6. The lowest BCUT2D eigenvalue weighted by atomic mass is 10.1. The fourth-order valence-corrected chi connectivity index (χ4v) is 2.10. The van der Waals surface area contributed by atoms with E-state index in [2.05, 4.69) is 55.5 Å². The van der Waals surface area contributed by atoms with Gasteiger partial charge in [-0.15, -0.1) is 0 Å². The predicted octanol–water partition coefficient (Wildman–Crippen LogP) is 3.47. The van der Waals surface area contributed by atoms with Gasteiger partial charge in [-0.1, -0.05) is 12.1 Å². The van der Waals surface area contributed by atoms with Crippen molar-refractivity contribution >= 4 is 0 Å². The van der Waals surface area contributed by atoms with E-state index in [4.69, 9.17) is 4.74 Å². The Bertz CT molecular complexity index is 360. The molecule has 3 heteroatoms. The fourth-order valence-electron chi connectivity index (χ4n) is 2.10. The highest BCUT2D eigenvalue weighted by Crippen LogP contribution is 2.18. The molecular formula is C17H30N2O. The number of unbranched alkanes of at least 4 members (excludes halogenated alkanes) is 1. The maximum atomic E-state index is 5.66. The first-order valence-electron chi connectivity index (χ1n) is 7.63. The lowest BCUT2D eigenvalue weighted by Gasteiger charge is -2.16. The molecule has 3 nitrogen and oxygen atoms in total. The van der Waals surface area contributed by atoms with Gasteiger partial charge in [-0.05, 0) is 78.5 Å². The van der Waals surface area contributed by atoms with Crippen LogP contribution in [0.1, 0.15) is 45.2 Å². The number of ether oxygens (including phenoxy) is 1. The van der Waals surface area contributed by atoms with Gasteiger partial charge < -0.3 is 15.0 Å². The number of hydrogen-bond donors (Lipinski definition) is 1. The van der Waals surface area contributed by atoms with Crippen molar-refractivity contribution in [1.82, 2.24) is 10.2 Å². The third-order valence-electron chi connectivity index (χ3n) is 3.23. The number of benzene rings is 1. The third-order valence-corrected chi connectivity index (χ3v) is 3.23. The summed E-state index contributed by atoms with van der Waals surface area (Å²) in [6.07, 6.45) is 2.69. The van der Waals surface area contributed by atoms with Crippen LogP contribution in [0.25, 0.3) is 0 Å². The average Bonchev–Trinajstić information content (AvgIpc) is 2.38. The normalized spacial score (nSPS) is 12.9. The molecule has 0 aliphatic rings. The topological polar surface area (TPSA) is 24.5 Å². The maximum absolute atomic E-state index is 5.66. The number of nitrogens with one attached hydrogen (secondary N) is 1. The molecule has 1 rings (SSSR count). The highest BCUT2D eigenvalue weighted by molar-refractivity contribution is 5.29. The van der Waals surface area contributed by atoms with E-state index in [9.17, 15) is 0 Å². The van der Waals surface area contributed by atoms with Crippen molar-refractivity contribution in [3.8, 4) is 5.75 Å². The average molecular weight is 278 g/mol. The maximum Gasteiger partial charge on any atom is 0.119 e. The summed E-state index contributed by atoms with van der Waals surface area (Å²) < 4.78 is 5.66. The summed E-state index contributed by atoms with van der Waals surface area (Å²) >= 11 is 0. The van der Waals surface area contributed by atoms with Crippen LogP contribution < -0.4 is 10.1 Å². The lowest BCUT2D eigenvalue weighted by Crippen LogP contribution is -2.21. The van der Waals surface area contributed by atoms with Crippen LogP contribution in [-0.4, -0.2) is 38.2 Å². The van der Waals surface area contributed by atoms with E-state index in [1.54, 1.807) is 0 Å². The van der Waals surface area contributed by atoms with Gasteiger partial charge in [0.2, 0.25) is 0 Å². The largest absolute Gasteiger partial charge is 0.491 e. The molecule has 0 saturated carbocycles. The summed E-state index contributed by atoms with van der Waals surface area (Å²) in [7, 11) is 4.24. The van der Waals surface area contributed by atoms with Crippen LogP contribution >= 0.6 is 0 Å². The van der Waals surface area contributed by atoms with Crippen molar-refractivity contribution in [3.63, 3.8) is 0 Å². The Labute approximate surface area is 124 Å². The van der Waals surface area contributed by atoms with Crippen molar-refractivity contribution in [1.29, 1.82) is 0 Å². The Balaban J connectivity index is 2.30. The molecule has 1 unspecified atom stereocenters. The van der Waals surface area contributed by atoms with E-state index >= 15 is 0 Å². The number of rotatable bonds is 9. The van der Waals surface area contributed by atoms with Gasteiger partial charge in [-0.2, -0.15) is 0 Å². The van der Waals surface area contributed by atoms with Gasteiger partial charge >= 0.3 is 0 Å². The van der Waals surface area contributed by atoms with Crippen molar-refractivity contribution in [2.75, 3.05) is 27.2 Å². The second-order valence-electron chi connectivity index (χ2n) is 5.92. The minimum atomic E-state index is 0.230. The van der Waals surface area contributed by atoms with Gasteiger partial charge in [0.15, 0.2) is 0 Å². The molecule has 0 saturated heterocycles. The molecule has 0 heterocycles. The number of hydrogen-bond acceptors (Lipinski definition) is 3. The second-order valence-corrected chi connectivity index (χ2v) is 5.92. The van der Waals surface area contributed by atoms with E-state index in [0.717, 1.165) is 18.8 Å². The first-order valence-corrected chi connectivity index (χ1v) is 7.63. The Morgan fingerprint density at radius 2 is 1.70 bits per heavy atom. The monoisotopic (exact) mass is 278 g/mol. The van der Waals surface area contributed by atoms with E-state index in [1.165, 1.54) is 18.4 Å². The fraction of sp³-hybridized carbons (Fsp3) is 0.647. The third kappa shape index (κ3) is 6.92. The summed E-state index contributed by atoms with van der Waals surface area (Å²) in [5, 5.41) is 3.57. The van der Waals surface area contributed by atoms with Gasteiger partial charge in [0.05, 0.1) is 6.10 Å². The van der Waals surface area contributed by atoms with Crippen LogP contribution in [0.5, 0.6) is 5.75 Å². The zero-order chi connectivity index (χ0) is 15.0. The summed E-state index contributed by atoms with van der Waals surface area (Å²) in [5.74, 6) is 0.946. The SMILES string of the molecule is CC(C)Oc1ccc(C(C)NCCCCN(C)C)cc1. The van der Waals surface area contributed by atoms with Crippen LogP contribution in [0.15, 0.2) is 24.3 Å². The Hall–Kier alpha value is -1.06. The highest BCUT2D eigenvalue weighted by Gasteiger charge is 2.05. The van der Waals surface area contributed by atoms with Crippen LogP contribution in [-0.2, 0) is 0 Å². The molecule has 0 spiro atoms. The first kappa shape index (κ1) is 17.0. The smallest absolute Gasteiger partial charge is 0.119 e. The minimum absolute atomic E-state index is 0.230. The van der Waals surface area contributed by atoms with Crippen LogP contribution in [0.4, 0.5) is 0 Å². The molecule has 0 aromatic heterocycles. The minimum Gasteiger partial charge on any atom is -0.491 e. The van der Waals surface area contributed by atoms with Crippen molar-refractivity contribution in [2.24, 2.45) is 0 Å². The highest BCUT2D eigenvalue weighted by atomic mass is 16.5. The van der Waals surface area contributed by atoms with E-state index in [1.807, 2.05) is 13.8 Å². The summed E-state index contributed by atoms with van der Waals surface area (Å²) in [6.45, 7) is 8.54. The van der Waals surface area contributed by atoms with Gasteiger partial charge in [0.25, 0.3) is 0 Å². The molecule has 0 amide bonds. The molecule has 0 fully saturated rings. The van der Waals surface area contributed by atoms with Gasteiger partial charge in [-0.25, -0.2) is 0 Å². The summed E-state index contributed by atoms with van der Waals surface area (Å²) in [4.78, 5) is 2.23. The molecule has 0 bridgehead atoms. The molecule has 1 atom stereocenters. The lowest BCUT2D eigenvalue weighted by molar-refractivity contribution is 0.242. The molecule has 0 radical (unpaired) electrons. The van der Waals surface area contributed by atoms with Crippen molar-refractivity contribution in [2.45, 2.75) is 45.8 Å². The molecule has 0 aliphatic carbocycles. The van der Waals surface area contributed by atoms with Crippen LogP contribution in [0.3, 0.4) is 0 Å². The zero-order valence-corrected chi connectivity index (χ0v) is 13.6. The standard InChI is InChI=1S/C17H30N2O/c1-14(2)20-17-10-8-16(9-11-17)15(3)18-12-6-7-13-19(4)5/h8-11,14-15,18H,6-7,12-13H2,1-5H3. The quantitative estimate of drug-likeness (QED) is 0.700. The van der Waals surface area contributed by atoms with E-state index in [-0.39, 0.29) is 6.10 Å². The van der Waals surface area contributed by atoms with Crippen molar-refractivity contribution in [3.05, 3.63) is 29.8 Å². The first-order chi connectivity index (χ1) is 9.49. The molecular weight excluding hydrogens is 248 g/mol. The predicted molar refractivity (Wildman–Crippen MR) is 86.4 cm³/mol. The van der Waals surface area contributed by atoms with E-state index in [0.29, 0.717) is 6.04 Å². The van der Waals surface area contributed by atoms with Crippen molar-refractivity contribution < 1.29 is 4.74 Å². The molecule has 1 aromatic rings. The van der Waals surface area contributed by atoms with Crippen LogP contribution in [0.2, 0.25) is 0 Å². The summed E-state index contributed by atoms with van der Waals surface area (Å²) in [5.41, 5.74) is 1.31. The second kappa shape index (κ2) is 8.98. The summed E-state index contributed by atoms with van der Waals surface area (Å²) in [6, 6.07) is 8.80. The molecule has 114 valence electrons. The molecule has 20 heavy (non-hydrogen) atoms. The van der Waals surface area contributed by atoms with Gasteiger partial charge in [0, 0.05) is 6.04 Å². The van der Waals surface area contributed by atoms with E-state index < -0.39 is 0 Å². The van der Waals surface area contributed by atoms with Crippen LogP contribution in [0, 0.1) is 0 Å². The Morgan fingerprint density at radius 1 is 1.05 bits per heavy atom. The number of nitrogens with zero attached hydrogens (tertiary/aromatic N) is 1. The van der Waals surface area contributed by atoms with Gasteiger partial charge in [-0.3, -0.25) is 0 Å². The Kier molecular flexibility index (Phi) is 7.63. The Morgan fingerprint density at radius 3 is 2.25 bits per heavy atom. The van der Waals surface area contributed by atoms with Gasteiger partial charge in [0.1, 0.15) is 5.75 Å². The molecule has 1 N–H and O–H groups in total. The molecule has 0 aliphatic heterocycles. The molecule has 1 aromatic carbocycles.